The number of rotatable bonds is 2. The molecule has 1 unspecified atom stereocenters. The minimum absolute atomic E-state index is 0.208. The molecule has 0 spiro atoms. The zero-order chi connectivity index (χ0) is 8.97. The summed E-state index contributed by atoms with van der Waals surface area (Å²) >= 11 is 0. The quantitative estimate of drug-likeness (QED) is 0.633. The molecule has 3 heteroatoms. The van der Waals surface area contributed by atoms with E-state index in [4.69, 9.17) is 9.47 Å². The molecule has 1 saturated carbocycles. The van der Waals surface area contributed by atoms with Crippen LogP contribution in [0.5, 0.6) is 0 Å². The predicted molar refractivity (Wildman–Crippen MR) is 46.1 cm³/mol. The first kappa shape index (κ1) is 9.96. The van der Waals surface area contributed by atoms with Crippen molar-refractivity contribution < 1.29 is 14.6 Å². The zero-order valence-electron chi connectivity index (χ0n) is 7.82. The lowest BCUT2D eigenvalue weighted by atomic mass is 10.1. The second kappa shape index (κ2) is 4.80. The number of aliphatic hydroxyl groups is 1. The molecule has 0 heterocycles. The van der Waals surface area contributed by atoms with Crippen LogP contribution in [0.1, 0.15) is 25.7 Å². The highest BCUT2D eigenvalue weighted by Gasteiger charge is 2.23. The third-order valence-corrected chi connectivity index (χ3v) is 2.55. The fraction of sp³-hybridized carbons (Fsp3) is 1.00. The number of aliphatic hydroxyl groups excluding tert-OH is 1. The Morgan fingerprint density at radius 1 is 1.00 bits per heavy atom. The fourth-order valence-corrected chi connectivity index (χ4v) is 1.74. The molecule has 0 radical (unpaired) electrons. The molecular formula is C9H18O3. The Balaban J connectivity index is 2.41. The van der Waals surface area contributed by atoms with Gasteiger partial charge < -0.3 is 14.6 Å². The second-order valence-corrected chi connectivity index (χ2v) is 3.42. The topological polar surface area (TPSA) is 38.7 Å². The van der Waals surface area contributed by atoms with E-state index in [1.807, 2.05) is 0 Å². The van der Waals surface area contributed by atoms with Crippen LogP contribution in [0.2, 0.25) is 0 Å². The van der Waals surface area contributed by atoms with Crippen molar-refractivity contribution in [3.63, 3.8) is 0 Å². The van der Waals surface area contributed by atoms with Gasteiger partial charge in [0.2, 0.25) is 0 Å². The highest BCUT2D eigenvalue weighted by molar-refractivity contribution is 4.76. The van der Waals surface area contributed by atoms with Gasteiger partial charge in [-0.2, -0.15) is 0 Å². The number of ether oxygens (including phenoxy) is 2. The maximum absolute atomic E-state index is 9.53. The molecule has 3 nitrogen and oxygen atoms in total. The molecule has 1 aliphatic carbocycles. The first-order chi connectivity index (χ1) is 5.76. The molecule has 1 fully saturated rings. The van der Waals surface area contributed by atoms with Crippen LogP contribution >= 0.6 is 0 Å². The molecule has 1 N–H and O–H groups in total. The van der Waals surface area contributed by atoms with E-state index >= 15 is 0 Å². The summed E-state index contributed by atoms with van der Waals surface area (Å²) in [5, 5.41) is 9.53. The minimum Gasteiger partial charge on any atom is -0.393 e. The molecular weight excluding hydrogens is 156 g/mol. The molecule has 0 saturated heterocycles. The highest BCUT2D eigenvalue weighted by Crippen LogP contribution is 2.21. The van der Waals surface area contributed by atoms with Gasteiger partial charge in [-0.1, -0.05) is 0 Å². The lowest BCUT2D eigenvalue weighted by Crippen LogP contribution is -2.18. The van der Waals surface area contributed by atoms with Crippen LogP contribution < -0.4 is 0 Å². The van der Waals surface area contributed by atoms with Gasteiger partial charge in [-0.15, -0.1) is 0 Å². The number of hydrogen-bond acceptors (Lipinski definition) is 3. The Morgan fingerprint density at radius 2 is 1.42 bits per heavy atom. The summed E-state index contributed by atoms with van der Waals surface area (Å²) in [5.41, 5.74) is 0. The molecule has 0 aliphatic heterocycles. The maximum atomic E-state index is 9.53. The van der Waals surface area contributed by atoms with Gasteiger partial charge in [-0.05, 0) is 25.7 Å². The van der Waals surface area contributed by atoms with Crippen molar-refractivity contribution in [2.24, 2.45) is 0 Å². The van der Waals surface area contributed by atoms with Gasteiger partial charge in [0.1, 0.15) is 0 Å². The number of hydrogen-bond donors (Lipinski definition) is 1. The molecule has 1 aliphatic rings. The molecule has 72 valence electrons. The van der Waals surface area contributed by atoms with Crippen molar-refractivity contribution in [1.29, 1.82) is 0 Å². The SMILES string of the molecule is CO[C@@H]1CC[C@H](OC)CC(O)C1. The maximum Gasteiger partial charge on any atom is 0.0597 e. The van der Waals surface area contributed by atoms with Crippen molar-refractivity contribution in [2.75, 3.05) is 14.2 Å². The van der Waals surface area contributed by atoms with Crippen LogP contribution in [0, 0.1) is 0 Å². The van der Waals surface area contributed by atoms with Gasteiger partial charge in [0.15, 0.2) is 0 Å². The molecule has 0 amide bonds. The second-order valence-electron chi connectivity index (χ2n) is 3.42. The lowest BCUT2D eigenvalue weighted by Gasteiger charge is -2.14. The molecule has 1 rings (SSSR count). The number of methoxy groups -OCH3 is 2. The smallest absolute Gasteiger partial charge is 0.0597 e. The first-order valence-electron chi connectivity index (χ1n) is 4.50. The molecule has 3 atom stereocenters. The monoisotopic (exact) mass is 174 g/mol. The van der Waals surface area contributed by atoms with Crippen LogP contribution in [0.3, 0.4) is 0 Å². The van der Waals surface area contributed by atoms with E-state index in [1.54, 1.807) is 14.2 Å². The van der Waals surface area contributed by atoms with Crippen LogP contribution in [0.15, 0.2) is 0 Å². The van der Waals surface area contributed by atoms with Crippen LogP contribution in [0.25, 0.3) is 0 Å². The van der Waals surface area contributed by atoms with Gasteiger partial charge in [-0.3, -0.25) is 0 Å². The molecule has 0 aromatic heterocycles. The average Bonchev–Trinajstić information content (AvgIpc) is 2.26. The molecule has 0 bridgehead atoms. The Bertz CT molecular complexity index is 113. The van der Waals surface area contributed by atoms with Gasteiger partial charge in [-0.25, -0.2) is 0 Å². The van der Waals surface area contributed by atoms with Crippen molar-refractivity contribution in [2.45, 2.75) is 44.0 Å². The third-order valence-electron chi connectivity index (χ3n) is 2.55. The summed E-state index contributed by atoms with van der Waals surface area (Å²) in [7, 11) is 3.40. The molecule has 0 aromatic rings. The van der Waals surface area contributed by atoms with E-state index < -0.39 is 0 Å². The van der Waals surface area contributed by atoms with Crippen LogP contribution in [-0.2, 0) is 9.47 Å². The summed E-state index contributed by atoms with van der Waals surface area (Å²) in [6, 6.07) is 0. The van der Waals surface area contributed by atoms with Crippen LogP contribution in [-0.4, -0.2) is 37.6 Å². The summed E-state index contributed by atoms with van der Waals surface area (Å²) in [5.74, 6) is 0. The predicted octanol–water partition coefficient (Wildman–Crippen LogP) is 0.951. The van der Waals surface area contributed by atoms with Gasteiger partial charge in [0, 0.05) is 14.2 Å². The van der Waals surface area contributed by atoms with E-state index in [9.17, 15) is 5.11 Å². The zero-order valence-corrected chi connectivity index (χ0v) is 7.82. The van der Waals surface area contributed by atoms with E-state index in [0.29, 0.717) is 0 Å². The fourth-order valence-electron chi connectivity index (χ4n) is 1.74. The van der Waals surface area contributed by atoms with Crippen molar-refractivity contribution >= 4 is 0 Å². The van der Waals surface area contributed by atoms with Crippen molar-refractivity contribution in [3.05, 3.63) is 0 Å². The van der Waals surface area contributed by atoms with Gasteiger partial charge in [0.25, 0.3) is 0 Å². The summed E-state index contributed by atoms with van der Waals surface area (Å²) < 4.78 is 10.4. The Labute approximate surface area is 73.7 Å². The standard InChI is InChI=1S/C9H18O3/c1-11-8-3-4-9(12-2)6-7(10)5-8/h7-10H,3-6H2,1-2H3/t7?,8-,9+. The largest absolute Gasteiger partial charge is 0.393 e. The molecule has 12 heavy (non-hydrogen) atoms. The normalized spacial score (nSPS) is 37.8. The Hall–Kier alpha value is -0.120. The Kier molecular flexibility index (Phi) is 3.98. The average molecular weight is 174 g/mol. The van der Waals surface area contributed by atoms with Crippen LogP contribution in [0.4, 0.5) is 0 Å². The minimum atomic E-state index is -0.262. The summed E-state index contributed by atoms with van der Waals surface area (Å²) in [4.78, 5) is 0. The first-order valence-corrected chi connectivity index (χ1v) is 4.50. The van der Waals surface area contributed by atoms with E-state index in [-0.39, 0.29) is 18.3 Å². The highest BCUT2D eigenvalue weighted by atomic mass is 16.5. The van der Waals surface area contributed by atoms with Crippen molar-refractivity contribution in [1.82, 2.24) is 0 Å². The van der Waals surface area contributed by atoms with Gasteiger partial charge >= 0.3 is 0 Å². The lowest BCUT2D eigenvalue weighted by molar-refractivity contribution is 0.0370. The van der Waals surface area contributed by atoms with E-state index in [0.717, 1.165) is 25.7 Å². The Morgan fingerprint density at radius 3 is 1.75 bits per heavy atom. The third kappa shape index (κ3) is 2.73. The summed E-state index contributed by atoms with van der Waals surface area (Å²) in [6.07, 6.45) is 3.63. The van der Waals surface area contributed by atoms with Crippen molar-refractivity contribution in [3.8, 4) is 0 Å². The van der Waals surface area contributed by atoms with E-state index in [2.05, 4.69) is 0 Å². The molecule has 0 aromatic carbocycles. The van der Waals surface area contributed by atoms with Gasteiger partial charge in [0.05, 0.1) is 18.3 Å². The summed E-state index contributed by atoms with van der Waals surface area (Å²) in [6.45, 7) is 0. The van der Waals surface area contributed by atoms with E-state index in [1.165, 1.54) is 0 Å².